The summed E-state index contributed by atoms with van der Waals surface area (Å²) >= 11 is 2.51. The minimum absolute atomic E-state index is 0.0619. The summed E-state index contributed by atoms with van der Waals surface area (Å²) in [6, 6.07) is 10.6. The number of fused-ring (bicyclic) bond motifs is 1. The number of rotatable bonds is 6. The monoisotopic (exact) mass is 466 g/mol. The quantitative estimate of drug-likeness (QED) is 0.520. The highest BCUT2D eigenvalue weighted by atomic mass is 32.2. The highest BCUT2D eigenvalue weighted by Gasteiger charge is 2.19. The molecule has 0 aliphatic carbocycles. The first-order valence-corrected chi connectivity index (χ1v) is 11.3. The number of nitrogens with zero attached hydrogens (tertiary/aromatic N) is 2. The number of nitrogens with one attached hydrogen (secondary N) is 2. The Kier molecular flexibility index (Phi) is 6.30. The zero-order valence-electron chi connectivity index (χ0n) is 17.2. The molecule has 2 amide bonds. The van der Waals surface area contributed by atoms with E-state index in [2.05, 4.69) is 21.7 Å². The van der Waals surface area contributed by atoms with Crippen molar-refractivity contribution in [2.45, 2.75) is 18.9 Å². The number of aryl methyl sites for hydroxylation is 1. The predicted molar refractivity (Wildman–Crippen MR) is 123 cm³/mol. The van der Waals surface area contributed by atoms with Crippen LogP contribution >= 0.6 is 23.1 Å². The van der Waals surface area contributed by atoms with Crippen molar-refractivity contribution >= 4 is 45.6 Å². The maximum atomic E-state index is 12.9. The van der Waals surface area contributed by atoms with Gasteiger partial charge in [-0.15, -0.1) is 11.3 Å². The predicted octanol–water partition coefficient (Wildman–Crippen LogP) is 4.34. The summed E-state index contributed by atoms with van der Waals surface area (Å²) in [5.74, 6) is 0.649. The molecule has 1 aliphatic heterocycles. The Balaban J connectivity index is 1.42. The number of thiophene rings is 1. The Hall–Kier alpha value is -3.55. The Bertz CT molecular complexity index is 1250. The second-order valence-corrected chi connectivity index (χ2v) is 9.00. The van der Waals surface area contributed by atoms with E-state index < -0.39 is 0 Å². The fourth-order valence-electron chi connectivity index (χ4n) is 3.00. The van der Waals surface area contributed by atoms with Crippen LogP contribution in [0.4, 0.5) is 10.7 Å². The molecule has 4 rings (SSSR count). The molecule has 1 aliphatic rings. The number of carbonyl (C=O) groups is 2. The van der Waals surface area contributed by atoms with Crippen molar-refractivity contribution in [1.82, 2.24) is 4.98 Å². The molecule has 0 bridgehead atoms. The minimum atomic E-state index is -0.380. The summed E-state index contributed by atoms with van der Waals surface area (Å²) in [6.07, 6.45) is 1.56. The molecule has 0 unspecified atom stereocenters. The van der Waals surface area contributed by atoms with Gasteiger partial charge >= 0.3 is 0 Å². The number of pyridine rings is 1. The van der Waals surface area contributed by atoms with Crippen LogP contribution in [0.25, 0.3) is 0 Å². The number of anilines is 2. The van der Waals surface area contributed by atoms with Crippen molar-refractivity contribution in [2.75, 3.05) is 23.2 Å². The van der Waals surface area contributed by atoms with E-state index in [0.717, 1.165) is 22.2 Å². The molecule has 0 fully saturated rings. The lowest BCUT2D eigenvalue weighted by Crippen LogP contribution is -2.16. The van der Waals surface area contributed by atoms with Gasteiger partial charge in [-0.3, -0.25) is 9.59 Å². The van der Waals surface area contributed by atoms with E-state index in [1.165, 1.54) is 11.3 Å². The van der Waals surface area contributed by atoms with Gasteiger partial charge in [0.2, 0.25) is 12.7 Å². The smallest absolute Gasteiger partial charge is 0.259 e. The number of thioether (sulfide) groups is 1. The van der Waals surface area contributed by atoms with Crippen molar-refractivity contribution in [2.24, 2.45) is 0 Å². The van der Waals surface area contributed by atoms with Gasteiger partial charge in [0.05, 0.1) is 16.9 Å². The van der Waals surface area contributed by atoms with E-state index in [4.69, 9.17) is 9.47 Å². The molecule has 2 aromatic heterocycles. The van der Waals surface area contributed by atoms with Crippen LogP contribution in [-0.2, 0) is 4.79 Å². The number of amides is 2. The van der Waals surface area contributed by atoms with E-state index in [1.54, 1.807) is 36.5 Å². The molecule has 2 N–H and O–H groups in total. The van der Waals surface area contributed by atoms with Crippen LogP contribution in [-0.4, -0.2) is 29.3 Å². The lowest BCUT2D eigenvalue weighted by Gasteiger charge is -2.09. The van der Waals surface area contributed by atoms with Crippen molar-refractivity contribution in [3.63, 3.8) is 0 Å². The van der Waals surface area contributed by atoms with Gasteiger partial charge in [0.1, 0.15) is 16.1 Å². The van der Waals surface area contributed by atoms with E-state index in [9.17, 15) is 14.9 Å². The van der Waals surface area contributed by atoms with Crippen LogP contribution in [0.2, 0.25) is 0 Å². The van der Waals surface area contributed by atoms with Gasteiger partial charge in [0.25, 0.3) is 5.91 Å². The van der Waals surface area contributed by atoms with Crippen LogP contribution in [0, 0.1) is 25.2 Å². The standard InChI is InChI=1S/C22H18N4O4S2/c1-12-13(2)32-22(16(12)9-23)26-20(28)15-4-3-7-24-21(15)31-10-19(27)25-14-5-6-17-18(8-14)30-11-29-17/h3-8H,10-11H2,1-2H3,(H,25,27)(H,26,28). The van der Waals surface area contributed by atoms with Crippen LogP contribution < -0.4 is 20.1 Å². The van der Waals surface area contributed by atoms with Gasteiger partial charge in [-0.25, -0.2) is 4.98 Å². The molecule has 32 heavy (non-hydrogen) atoms. The molecule has 0 saturated heterocycles. The first kappa shape index (κ1) is 21.7. The number of hydrogen-bond acceptors (Lipinski definition) is 8. The second kappa shape index (κ2) is 9.30. The molecule has 162 valence electrons. The maximum absolute atomic E-state index is 12.9. The molecule has 0 spiro atoms. The van der Waals surface area contributed by atoms with Gasteiger partial charge in [0, 0.05) is 22.8 Å². The highest BCUT2D eigenvalue weighted by molar-refractivity contribution is 8.00. The Morgan fingerprint density at radius 3 is 2.84 bits per heavy atom. The fraction of sp³-hybridized carbons (Fsp3) is 0.182. The number of carbonyl (C=O) groups excluding carboxylic acids is 2. The number of aromatic nitrogens is 1. The molecule has 0 saturated carbocycles. The summed E-state index contributed by atoms with van der Waals surface area (Å²) < 4.78 is 10.6. The first-order chi connectivity index (χ1) is 15.5. The molecule has 3 aromatic rings. The summed E-state index contributed by atoms with van der Waals surface area (Å²) in [4.78, 5) is 30.5. The SMILES string of the molecule is Cc1sc(NC(=O)c2cccnc2SCC(=O)Nc2ccc3c(c2)OCO3)c(C#N)c1C. The van der Waals surface area contributed by atoms with Crippen LogP contribution in [0.3, 0.4) is 0 Å². The van der Waals surface area contributed by atoms with Crippen molar-refractivity contribution < 1.29 is 19.1 Å². The zero-order chi connectivity index (χ0) is 22.7. The van der Waals surface area contributed by atoms with Gasteiger partial charge in [-0.05, 0) is 43.7 Å². The number of ether oxygens (including phenoxy) is 2. The van der Waals surface area contributed by atoms with E-state index >= 15 is 0 Å². The molecule has 0 atom stereocenters. The maximum Gasteiger partial charge on any atom is 0.259 e. The Morgan fingerprint density at radius 1 is 1.22 bits per heavy atom. The molecule has 8 nitrogen and oxygen atoms in total. The fourth-order valence-corrected chi connectivity index (χ4v) is 4.80. The molecular weight excluding hydrogens is 448 g/mol. The van der Waals surface area contributed by atoms with E-state index in [-0.39, 0.29) is 24.4 Å². The lowest BCUT2D eigenvalue weighted by molar-refractivity contribution is -0.113. The van der Waals surface area contributed by atoms with Crippen molar-refractivity contribution in [1.29, 1.82) is 5.26 Å². The third-order valence-electron chi connectivity index (χ3n) is 4.74. The van der Waals surface area contributed by atoms with Gasteiger partial charge in [-0.1, -0.05) is 11.8 Å². The second-order valence-electron chi connectivity index (χ2n) is 6.81. The molecule has 1 aromatic carbocycles. The van der Waals surface area contributed by atoms with E-state index in [0.29, 0.717) is 38.3 Å². The van der Waals surface area contributed by atoms with Crippen molar-refractivity contribution in [3.8, 4) is 17.6 Å². The zero-order valence-corrected chi connectivity index (χ0v) is 18.9. The number of nitriles is 1. The minimum Gasteiger partial charge on any atom is -0.454 e. The first-order valence-electron chi connectivity index (χ1n) is 9.55. The van der Waals surface area contributed by atoms with Crippen LogP contribution in [0.1, 0.15) is 26.4 Å². The molecule has 0 radical (unpaired) electrons. The largest absolute Gasteiger partial charge is 0.454 e. The molecule has 3 heterocycles. The Labute approximate surface area is 192 Å². The summed E-state index contributed by atoms with van der Waals surface area (Å²) in [6.45, 7) is 3.92. The van der Waals surface area contributed by atoms with Crippen molar-refractivity contribution in [3.05, 3.63) is 58.1 Å². The van der Waals surface area contributed by atoms with Crippen LogP contribution in [0.5, 0.6) is 11.5 Å². The number of hydrogen-bond donors (Lipinski definition) is 2. The topological polar surface area (TPSA) is 113 Å². The summed E-state index contributed by atoms with van der Waals surface area (Å²) in [5, 5.41) is 15.9. The van der Waals surface area contributed by atoms with Crippen LogP contribution in [0.15, 0.2) is 41.6 Å². The van der Waals surface area contributed by atoms with Gasteiger partial charge in [0.15, 0.2) is 11.5 Å². The average Bonchev–Trinajstić information content (AvgIpc) is 3.36. The summed E-state index contributed by atoms with van der Waals surface area (Å²) in [7, 11) is 0. The number of benzene rings is 1. The summed E-state index contributed by atoms with van der Waals surface area (Å²) in [5.41, 5.74) is 2.24. The highest BCUT2D eigenvalue weighted by Crippen LogP contribution is 2.35. The molecular formula is C22H18N4O4S2. The third-order valence-corrected chi connectivity index (χ3v) is 6.86. The normalized spacial score (nSPS) is 11.7. The Morgan fingerprint density at radius 2 is 2.03 bits per heavy atom. The lowest BCUT2D eigenvalue weighted by atomic mass is 10.2. The van der Waals surface area contributed by atoms with Gasteiger partial charge < -0.3 is 20.1 Å². The average molecular weight is 467 g/mol. The van der Waals surface area contributed by atoms with Gasteiger partial charge in [-0.2, -0.15) is 5.26 Å². The van der Waals surface area contributed by atoms with E-state index in [1.807, 2.05) is 13.8 Å². The molecule has 10 heteroatoms. The third kappa shape index (κ3) is 4.54.